The summed E-state index contributed by atoms with van der Waals surface area (Å²) >= 11 is 2.98. The zero-order valence-corrected chi connectivity index (χ0v) is 10.1. The largest absolute Gasteiger partial charge is 0.573 e. The summed E-state index contributed by atoms with van der Waals surface area (Å²) in [6.07, 6.45) is -4.88. The molecule has 0 aliphatic carbocycles. The molecule has 1 rings (SSSR count). The molecule has 0 radical (unpaired) electrons. The van der Waals surface area contributed by atoms with E-state index < -0.39 is 18.1 Å². The van der Waals surface area contributed by atoms with E-state index in [1.807, 2.05) is 0 Å². The molecular weight excluding hydrogens is 307 g/mol. The third kappa shape index (κ3) is 3.52. The van der Waals surface area contributed by atoms with Crippen molar-refractivity contribution >= 4 is 27.6 Å². The van der Waals surface area contributed by atoms with Crippen LogP contribution in [0.3, 0.4) is 0 Å². The van der Waals surface area contributed by atoms with Crippen molar-refractivity contribution in [2.75, 3.05) is 12.8 Å². The number of ether oxygens (including phenoxy) is 2. The molecule has 0 aromatic heterocycles. The van der Waals surface area contributed by atoms with Gasteiger partial charge in [0.05, 0.1) is 18.4 Å². The van der Waals surface area contributed by atoms with Crippen molar-refractivity contribution in [2.45, 2.75) is 6.36 Å². The highest BCUT2D eigenvalue weighted by Gasteiger charge is 2.32. The number of benzene rings is 1. The molecule has 17 heavy (non-hydrogen) atoms. The van der Waals surface area contributed by atoms with Crippen LogP contribution >= 0.6 is 15.9 Å². The normalized spacial score (nSPS) is 11.1. The van der Waals surface area contributed by atoms with Crippen molar-refractivity contribution in [1.82, 2.24) is 0 Å². The maximum absolute atomic E-state index is 12.0. The van der Waals surface area contributed by atoms with Gasteiger partial charge in [-0.05, 0) is 28.1 Å². The summed E-state index contributed by atoms with van der Waals surface area (Å²) in [7, 11) is 1.11. The smallest absolute Gasteiger partial charge is 0.465 e. The number of hydrogen-bond acceptors (Lipinski definition) is 4. The maximum Gasteiger partial charge on any atom is 0.573 e. The predicted molar refractivity (Wildman–Crippen MR) is 56.6 cm³/mol. The molecule has 0 aliphatic heterocycles. The van der Waals surface area contributed by atoms with Crippen LogP contribution in [0.1, 0.15) is 10.4 Å². The van der Waals surface area contributed by atoms with Gasteiger partial charge in [-0.25, -0.2) is 4.79 Å². The molecule has 94 valence electrons. The van der Waals surface area contributed by atoms with Crippen LogP contribution in [-0.2, 0) is 4.74 Å². The minimum absolute atomic E-state index is 0.110. The molecule has 4 nitrogen and oxygen atoms in total. The number of hydrogen-bond donors (Lipinski definition) is 1. The van der Waals surface area contributed by atoms with E-state index in [-0.39, 0.29) is 15.7 Å². The van der Waals surface area contributed by atoms with Gasteiger partial charge in [0.15, 0.2) is 5.75 Å². The lowest BCUT2D eigenvalue weighted by Crippen LogP contribution is -2.18. The molecule has 0 heterocycles. The van der Waals surface area contributed by atoms with Crippen molar-refractivity contribution in [3.05, 3.63) is 22.2 Å². The number of anilines is 1. The lowest BCUT2D eigenvalue weighted by molar-refractivity contribution is -0.274. The summed E-state index contributed by atoms with van der Waals surface area (Å²) < 4.78 is 44.4. The molecule has 8 heteroatoms. The first-order chi connectivity index (χ1) is 7.74. The summed E-state index contributed by atoms with van der Waals surface area (Å²) in [6, 6.07) is 1.99. The molecule has 1 aromatic carbocycles. The second-order valence-corrected chi connectivity index (χ2v) is 3.76. The Bertz CT molecular complexity index is 448. The van der Waals surface area contributed by atoms with Crippen LogP contribution in [-0.4, -0.2) is 19.4 Å². The van der Waals surface area contributed by atoms with Crippen molar-refractivity contribution in [2.24, 2.45) is 0 Å². The Morgan fingerprint density at radius 3 is 2.47 bits per heavy atom. The third-order valence-corrected chi connectivity index (χ3v) is 2.39. The van der Waals surface area contributed by atoms with Gasteiger partial charge < -0.3 is 15.2 Å². The topological polar surface area (TPSA) is 61.5 Å². The highest BCUT2D eigenvalue weighted by atomic mass is 79.9. The Kier molecular flexibility index (Phi) is 3.87. The fourth-order valence-electron chi connectivity index (χ4n) is 1.05. The number of halogens is 4. The van der Waals surface area contributed by atoms with Crippen LogP contribution < -0.4 is 10.5 Å². The average molecular weight is 314 g/mol. The van der Waals surface area contributed by atoms with E-state index in [9.17, 15) is 18.0 Å². The van der Waals surface area contributed by atoms with Gasteiger partial charge in [0, 0.05) is 4.47 Å². The number of alkyl halides is 3. The monoisotopic (exact) mass is 313 g/mol. The van der Waals surface area contributed by atoms with Crippen LogP contribution in [0.4, 0.5) is 18.9 Å². The Morgan fingerprint density at radius 2 is 2.00 bits per heavy atom. The lowest BCUT2D eigenvalue weighted by Gasteiger charge is -2.13. The highest BCUT2D eigenvalue weighted by molar-refractivity contribution is 9.10. The molecule has 0 aliphatic rings. The molecule has 0 saturated carbocycles. The summed E-state index contributed by atoms with van der Waals surface area (Å²) in [5, 5.41) is 0. The summed E-state index contributed by atoms with van der Waals surface area (Å²) in [5.74, 6) is -1.45. The van der Waals surface area contributed by atoms with Gasteiger partial charge >= 0.3 is 12.3 Å². The number of rotatable bonds is 2. The van der Waals surface area contributed by atoms with Gasteiger partial charge in [-0.2, -0.15) is 0 Å². The molecule has 2 N–H and O–H groups in total. The van der Waals surface area contributed by atoms with Crippen LogP contribution in [0.5, 0.6) is 5.75 Å². The van der Waals surface area contributed by atoms with E-state index in [0.717, 1.165) is 19.2 Å². The molecule has 0 bridgehead atoms. The maximum atomic E-state index is 12.0. The number of esters is 1. The minimum atomic E-state index is -4.88. The molecule has 0 amide bonds. The van der Waals surface area contributed by atoms with E-state index in [2.05, 4.69) is 25.4 Å². The number of methoxy groups -OCH3 is 1. The van der Waals surface area contributed by atoms with E-state index in [4.69, 9.17) is 5.73 Å². The van der Waals surface area contributed by atoms with Gasteiger partial charge in [0.1, 0.15) is 0 Å². The standard InChI is InChI=1S/C9H7BrF3NO3/c1-16-8(15)4-2-7(17-9(11,12)13)6(14)3-5(4)10/h2-3H,14H2,1H3. The quantitative estimate of drug-likeness (QED) is 0.673. The van der Waals surface area contributed by atoms with E-state index >= 15 is 0 Å². The average Bonchev–Trinajstić information content (AvgIpc) is 2.19. The van der Waals surface area contributed by atoms with Gasteiger partial charge in [-0.15, -0.1) is 13.2 Å². The Morgan fingerprint density at radius 1 is 1.41 bits per heavy atom. The number of carbonyl (C=O) groups excluding carboxylic acids is 1. The molecule has 0 atom stereocenters. The lowest BCUT2D eigenvalue weighted by atomic mass is 10.2. The fraction of sp³-hybridized carbons (Fsp3) is 0.222. The van der Waals surface area contributed by atoms with Crippen molar-refractivity contribution in [3.8, 4) is 5.75 Å². The van der Waals surface area contributed by atoms with Gasteiger partial charge in [-0.1, -0.05) is 0 Å². The third-order valence-electron chi connectivity index (χ3n) is 1.73. The molecular formula is C9H7BrF3NO3. The number of nitrogen functional groups attached to an aromatic ring is 1. The highest BCUT2D eigenvalue weighted by Crippen LogP contribution is 2.33. The second-order valence-electron chi connectivity index (χ2n) is 2.91. The summed E-state index contributed by atoms with van der Waals surface area (Å²) in [5.41, 5.74) is 4.97. The van der Waals surface area contributed by atoms with Crippen LogP contribution in [0.15, 0.2) is 16.6 Å². The Labute approximate surface area is 103 Å². The predicted octanol–water partition coefficient (Wildman–Crippen LogP) is 2.72. The molecule has 0 saturated heterocycles. The van der Waals surface area contributed by atoms with E-state index in [0.29, 0.717) is 0 Å². The van der Waals surface area contributed by atoms with Gasteiger partial charge in [0.2, 0.25) is 0 Å². The minimum Gasteiger partial charge on any atom is -0.465 e. The Hall–Kier alpha value is -1.44. The van der Waals surface area contributed by atoms with Gasteiger partial charge in [0.25, 0.3) is 0 Å². The summed E-state index contributed by atoms with van der Waals surface area (Å²) in [4.78, 5) is 11.2. The fourth-order valence-corrected chi connectivity index (χ4v) is 1.57. The van der Waals surface area contributed by atoms with Crippen LogP contribution in [0, 0.1) is 0 Å². The molecule has 0 unspecified atom stereocenters. The van der Waals surface area contributed by atoms with Crippen LogP contribution in [0.2, 0.25) is 0 Å². The van der Waals surface area contributed by atoms with Crippen molar-refractivity contribution in [3.63, 3.8) is 0 Å². The number of carbonyl (C=O) groups is 1. The second kappa shape index (κ2) is 4.82. The molecule has 1 aromatic rings. The zero-order valence-electron chi connectivity index (χ0n) is 8.47. The first kappa shape index (κ1) is 13.6. The van der Waals surface area contributed by atoms with Crippen molar-refractivity contribution < 1.29 is 27.4 Å². The molecule has 0 spiro atoms. The summed E-state index contributed by atoms with van der Waals surface area (Å²) in [6.45, 7) is 0. The first-order valence-electron chi connectivity index (χ1n) is 4.17. The zero-order chi connectivity index (χ0) is 13.2. The SMILES string of the molecule is COC(=O)c1cc(OC(F)(F)F)c(N)cc1Br. The van der Waals surface area contributed by atoms with Crippen molar-refractivity contribution in [1.29, 1.82) is 0 Å². The van der Waals surface area contributed by atoms with E-state index in [1.165, 1.54) is 0 Å². The number of nitrogens with two attached hydrogens (primary N) is 1. The van der Waals surface area contributed by atoms with Gasteiger partial charge in [-0.3, -0.25) is 0 Å². The van der Waals surface area contributed by atoms with Crippen LogP contribution in [0.25, 0.3) is 0 Å². The first-order valence-corrected chi connectivity index (χ1v) is 4.97. The Balaban J connectivity index is 3.19. The van der Waals surface area contributed by atoms with E-state index in [1.54, 1.807) is 0 Å². The molecule has 0 fully saturated rings.